The van der Waals surface area contributed by atoms with E-state index in [1.54, 1.807) is 0 Å². The first-order valence-corrected chi connectivity index (χ1v) is 3.47. The zero-order valence-electron chi connectivity index (χ0n) is 6.75. The van der Waals surface area contributed by atoms with Gasteiger partial charge in [0.2, 0.25) is 0 Å². The van der Waals surface area contributed by atoms with E-state index in [4.69, 9.17) is 10.8 Å². The second-order valence-corrected chi connectivity index (χ2v) is 2.47. The lowest BCUT2D eigenvalue weighted by atomic mass is 10.1. The molecule has 1 rings (SSSR count). The van der Waals surface area contributed by atoms with Gasteiger partial charge in [0.05, 0.1) is 11.3 Å². The van der Waals surface area contributed by atoms with Crippen molar-refractivity contribution in [3.63, 3.8) is 0 Å². The number of nitrogens with two attached hydrogens (primary N) is 1. The Kier molecular flexibility index (Phi) is 2.50. The van der Waals surface area contributed by atoms with Crippen LogP contribution in [0, 0.1) is 0 Å². The third-order valence-electron chi connectivity index (χ3n) is 1.60. The zero-order valence-corrected chi connectivity index (χ0v) is 6.75. The summed E-state index contributed by atoms with van der Waals surface area (Å²) in [6.07, 6.45) is -2.25. The third-order valence-corrected chi connectivity index (χ3v) is 1.60. The zero-order chi connectivity index (χ0) is 10.9. The van der Waals surface area contributed by atoms with Crippen molar-refractivity contribution >= 4 is 11.7 Å². The summed E-state index contributed by atoms with van der Waals surface area (Å²) in [5.74, 6) is -1.73. The second-order valence-electron chi connectivity index (χ2n) is 2.47. The summed E-state index contributed by atoms with van der Waals surface area (Å²) >= 11 is 0. The van der Waals surface area contributed by atoms with Gasteiger partial charge in [-0.2, -0.15) is 0 Å². The van der Waals surface area contributed by atoms with Crippen molar-refractivity contribution in [3.8, 4) is 0 Å². The highest BCUT2D eigenvalue weighted by molar-refractivity contribution is 5.90. The maximum atomic E-state index is 12.3. The van der Waals surface area contributed by atoms with E-state index in [0.29, 0.717) is 0 Å². The average molecular weight is 204 g/mol. The smallest absolute Gasteiger partial charge is 0.341 e. The fraction of sp³-hybridized carbons (Fsp3) is 0.143. The topological polar surface area (TPSA) is 96.2 Å². The van der Waals surface area contributed by atoms with Crippen molar-refractivity contribution in [3.05, 3.63) is 27.7 Å². The SMILES string of the molecule is Nc1c[nH]c(=O)c(C(=O)O)c1C(F)F. The van der Waals surface area contributed by atoms with Crippen LogP contribution >= 0.6 is 0 Å². The number of H-pyrrole nitrogens is 1. The number of hydrogen-bond acceptors (Lipinski definition) is 3. The first-order chi connectivity index (χ1) is 6.45. The molecular formula is C7H6F2N2O3. The highest BCUT2D eigenvalue weighted by atomic mass is 19.3. The van der Waals surface area contributed by atoms with Gasteiger partial charge in [0.15, 0.2) is 0 Å². The van der Waals surface area contributed by atoms with Crippen LogP contribution in [0.5, 0.6) is 0 Å². The van der Waals surface area contributed by atoms with E-state index < -0.39 is 34.8 Å². The fourth-order valence-corrected chi connectivity index (χ4v) is 1.01. The highest BCUT2D eigenvalue weighted by Gasteiger charge is 2.24. The van der Waals surface area contributed by atoms with Crippen LogP contribution in [0.15, 0.2) is 11.0 Å². The van der Waals surface area contributed by atoms with Crippen LogP contribution in [-0.2, 0) is 0 Å². The Hall–Kier alpha value is -1.92. The summed E-state index contributed by atoms with van der Waals surface area (Å²) in [4.78, 5) is 23.4. The van der Waals surface area contributed by atoms with Crippen LogP contribution in [0.25, 0.3) is 0 Å². The number of rotatable bonds is 2. The van der Waals surface area contributed by atoms with Gasteiger partial charge in [0.1, 0.15) is 5.56 Å². The summed E-state index contributed by atoms with van der Waals surface area (Å²) < 4.78 is 24.7. The maximum absolute atomic E-state index is 12.3. The van der Waals surface area contributed by atoms with Crippen LogP contribution in [-0.4, -0.2) is 16.1 Å². The van der Waals surface area contributed by atoms with E-state index in [-0.39, 0.29) is 0 Å². The maximum Gasteiger partial charge on any atom is 0.341 e. The Morgan fingerprint density at radius 1 is 1.57 bits per heavy atom. The number of hydrogen-bond donors (Lipinski definition) is 3. The minimum atomic E-state index is -3.09. The van der Waals surface area contributed by atoms with Crippen LogP contribution in [0.4, 0.5) is 14.5 Å². The van der Waals surface area contributed by atoms with E-state index in [1.807, 2.05) is 4.98 Å². The first-order valence-electron chi connectivity index (χ1n) is 3.47. The van der Waals surface area contributed by atoms with Gasteiger partial charge in [-0.25, -0.2) is 13.6 Å². The summed E-state index contributed by atoms with van der Waals surface area (Å²) in [6.45, 7) is 0. The normalized spacial score (nSPS) is 10.5. The number of carboxylic acids is 1. The molecule has 7 heteroatoms. The van der Waals surface area contributed by atoms with Crippen molar-refractivity contribution in [1.82, 2.24) is 4.98 Å². The van der Waals surface area contributed by atoms with Crippen LogP contribution in [0.2, 0.25) is 0 Å². The largest absolute Gasteiger partial charge is 0.477 e. The number of aromatic amines is 1. The Morgan fingerprint density at radius 2 is 2.14 bits per heavy atom. The summed E-state index contributed by atoms with van der Waals surface area (Å²) in [7, 11) is 0. The second kappa shape index (κ2) is 3.44. The summed E-state index contributed by atoms with van der Waals surface area (Å²) in [5.41, 5.74) is 1.62. The number of anilines is 1. The molecule has 1 aromatic rings. The molecule has 0 radical (unpaired) electrons. The van der Waals surface area contributed by atoms with Gasteiger partial charge >= 0.3 is 5.97 Å². The Labute approximate surface area is 76.2 Å². The first kappa shape index (κ1) is 10.2. The van der Waals surface area contributed by atoms with Gasteiger partial charge in [0, 0.05) is 6.20 Å². The lowest BCUT2D eigenvalue weighted by molar-refractivity contribution is 0.0682. The Bertz CT molecular complexity index is 427. The number of pyridine rings is 1. The van der Waals surface area contributed by atoms with Gasteiger partial charge in [0.25, 0.3) is 12.0 Å². The number of nitrogen functional groups attached to an aromatic ring is 1. The minimum absolute atomic E-state index is 0.447. The van der Waals surface area contributed by atoms with Gasteiger partial charge in [-0.3, -0.25) is 4.79 Å². The van der Waals surface area contributed by atoms with Crippen molar-refractivity contribution in [1.29, 1.82) is 0 Å². The Balaban J connectivity index is 3.58. The molecule has 4 N–H and O–H groups in total. The number of nitrogens with one attached hydrogen (secondary N) is 1. The predicted octanol–water partition coefficient (Wildman–Crippen LogP) is 0.593. The molecule has 0 amide bonds. The van der Waals surface area contributed by atoms with Crippen molar-refractivity contribution in [2.24, 2.45) is 0 Å². The molecule has 76 valence electrons. The number of carboxylic acid groups (broad SMARTS) is 1. The predicted molar refractivity (Wildman–Crippen MR) is 43.4 cm³/mol. The number of alkyl halides is 2. The highest BCUT2D eigenvalue weighted by Crippen LogP contribution is 2.25. The fourth-order valence-electron chi connectivity index (χ4n) is 1.01. The van der Waals surface area contributed by atoms with E-state index in [0.717, 1.165) is 6.20 Å². The summed E-state index contributed by atoms with van der Waals surface area (Å²) in [5, 5.41) is 8.51. The van der Waals surface area contributed by atoms with Gasteiger partial charge in [-0.15, -0.1) is 0 Å². The lowest BCUT2D eigenvalue weighted by Crippen LogP contribution is -2.21. The number of halogens is 2. The molecule has 0 saturated heterocycles. The quantitative estimate of drug-likeness (QED) is 0.656. The molecule has 1 heterocycles. The van der Waals surface area contributed by atoms with Crippen LogP contribution in [0.1, 0.15) is 22.3 Å². The van der Waals surface area contributed by atoms with Crippen LogP contribution < -0.4 is 11.3 Å². The van der Waals surface area contributed by atoms with Crippen molar-refractivity contribution < 1.29 is 18.7 Å². The number of carbonyl (C=O) groups is 1. The van der Waals surface area contributed by atoms with Crippen molar-refractivity contribution in [2.75, 3.05) is 5.73 Å². The molecule has 0 aliphatic rings. The molecule has 0 unspecified atom stereocenters. The molecule has 0 aliphatic carbocycles. The third kappa shape index (κ3) is 1.56. The molecule has 14 heavy (non-hydrogen) atoms. The minimum Gasteiger partial charge on any atom is -0.477 e. The monoisotopic (exact) mass is 204 g/mol. The van der Waals surface area contributed by atoms with E-state index in [2.05, 4.69) is 0 Å². The average Bonchev–Trinajstić information content (AvgIpc) is 2.07. The van der Waals surface area contributed by atoms with Crippen molar-refractivity contribution in [2.45, 2.75) is 6.43 Å². The lowest BCUT2D eigenvalue weighted by Gasteiger charge is -2.06. The van der Waals surface area contributed by atoms with E-state index in [1.165, 1.54) is 0 Å². The molecular weight excluding hydrogens is 198 g/mol. The van der Waals surface area contributed by atoms with Gasteiger partial charge in [-0.05, 0) is 0 Å². The molecule has 0 bridgehead atoms. The van der Waals surface area contributed by atoms with Gasteiger partial charge < -0.3 is 15.8 Å². The van der Waals surface area contributed by atoms with E-state index in [9.17, 15) is 18.4 Å². The number of aromatic carboxylic acids is 1. The molecule has 5 nitrogen and oxygen atoms in total. The molecule has 0 saturated carbocycles. The van der Waals surface area contributed by atoms with Gasteiger partial charge in [-0.1, -0.05) is 0 Å². The molecule has 0 fully saturated rings. The molecule has 0 atom stereocenters. The standard InChI is InChI=1S/C7H6F2N2O3/c8-5(9)3-2(10)1-11-6(12)4(3)7(13)14/h1,5H,10H2,(H,11,12)(H,13,14). The number of aromatic nitrogens is 1. The molecule has 0 spiro atoms. The Morgan fingerprint density at radius 3 is 2.50 bits per heavy atom. The summed E-state index contributed by atoms with van der Waals surface area (Å²) in [6, 6.07) is 0. The molecule has 0 aromatic carbocycles. The molecule has 1 aromatic heterocycles. The molecule has 0 aliphatic heterocycles. The van der Waals surface area contributed by atoms with E-state index >= 15 is 0 Å². The van der Waals surface area contributed by atoms with Crippen LogP contribution in [0.3, 0.4) is 0 Å².